The molecular weight excluding hydrogens is 438 g/mol. The minimum Gasteiger partial charge on any atom is -0.497 e. The third kappa shape index (κ3) is 6.16. The van der Waals surface area contributed by atoms with E-state index in [1.807, 2.05) is 38.1 Å². The first kappa shape index (κ1) is 22.5. The predicted molar refractivity (Wildman–Crippen MR) is 123 cm³/mol. The van der Waals surface area contributed by atoms with Crippen LogP contribution in [0.5, 0.6) is 5.75 Å². The van der Waals surface area contributed by atoms with Gasteiger partial charge in [-0.1, -0.05) is 42.9 Å². The number of rotatable bonds is 7. The Morgan fingerprint density at radius 1 is 1.06 bits per heavy atom. The Morgan fingerprint density at radius 3 is 2.45 bits per heavy atom. The third-order valence-electron chi connectivity index (χ3n) is 4.31. The standard InChI is InChI=1S/C21H22ClN5O3S/c1-12(2)17(24-20(29)23-15-6-4-5-14(22)11-15)18(28)25-21-27-26-19(31-21)13-7-9-16(30-3)10-8-13/h4-12,17H,1-3H3,(H2,23,24,29)(H,25,27,28). The number of carbonyl (C=O) groups excluding carboxylic acids is 2. The van der Waals surface area contributed by atoms with Crippen LogP contribution in [0.15, 0.2) is 48.5 Å². The molecule has 3 amide bonds. The number of halogens is 1. The van der Waals surface area contributed by atoms with Crippen molar-refractivity contribution < 1.29 is 14.3 Å². The molecule has 3 rings (SSSR count). The summed E-state index contributed by atoms with van der Waals surface area (Å²) in [6, 6.07) is 12.9. The average Bonchev–Trinajstić information content (AvgIpc) is 3.20. The molecule has 0 radical (unpaired) electrons. The Bertz CT molecular complexity index is 1060. The number of hydrogen-bond donors (Lipinski definition) is 3. The number of methoxy groups -OCH3 is 1. The molecule has 0 aliphatic rings. The summed E-state index contributed by atoms with van der Waals surface area (Å²) in [5.74, 6) is 0.205. The summed E-state index contributed by atoms with van der Waals surface area (Å²) in [4.78, 5) is 25.1. The highest BCUT2D eigenvalue weighted by Gasteiger charge is 2.25. The van der Waals surface area contributed by atoms with Gasteiger partial charge in [-0.15, -0.1) is 10.2 Å². The molecule has 0 saturated carbocycles. The smallest absolute Gasteiger partial charge is 0.319 e. The maximum absolute atomic E-state index is 12.8. The van der Waals surface area contributed by atoms with Crippen molar-refractivity contribution in [2.24, 2.45) is 5.92 Å². The molecule has 1 atom stereocenters. The first-order chi connectivity index (χ1) is 14.9. The van der Waals surface area contributed by atoms with E-state index in [1.165, 1.54) is 11.3 Å². The zero-order valence-corrected chi connectivity index (χ0v) is 18.8. The van der Waals surface area contributed by atoms with E-state index in [1.54, 1.807) is 31.4 Å². The van der Waals surface area contributed by atoms with Crippen molar-refractivity contribution in [3.8, 4) is 16.3 Å². The molecule has 3 aromatic rings. The van der Waals surface area contributed by atoms with Crippen LogP contribution in [0, 0.1) is 5.92 Å². The van der Waals surface area contributed by atoms with Crippen molar-refractivity contribution in [2.45, 2.75) is 19.9 Å². The highest BCUT2D eigenvalue weighted by atomic mass is 35.5. The number of benzene rings is 2. The summed E-state index contributed by atoms with van der Waals surface area (Å²) in [6.45, 7) is 3.68. The van der Waals surface area contributed by atoms with Crippen molar-refractivity contribution in [3.05, 3.63) is 53.6 Å². The zero-order valence-electron chi connectivity index (χ0n) is 17.2. The Labute approximate surface area is 189 Å². The van der Waals surface area contributed by atoms with Crippen LogP contribution in [-0.2, 0) is 4.79 Å². The molecule has 1 unspecified atom stereocenters. The van der Waals surface area contributed by atoms with E-state index in [0.29, 0.717) is 20.8 Å². The molecule has 0 aliphatic heterocycles. The van der Waals surface area contributed by atoms with E-state index in [0.717, 1.165) is 11.3 Å². The van der Waals surface area contributed by atoms with Gasteiger partial charge in [-0.3, -0.25) is 10.1 Å². The molecule has 10 heteroatoms. The molecule has 3 N–H and O–H groups in total. The average molecular weight is 460 g/mol. The van der Waals surface area contributed by atoms with Crippen LogP contribution >= 0.6 is 22.9 Å². The number of amides is 3. The number of nitrogens with zero attached hydrogens (tertiary/aromatic N) is 2. The van der Waals surface area contributed by atoms with Crippen molar-refractivity contribution in [3.63, 3.8) is 0 Å². The zero-order chi connectivity index (χ0) is 22.4. The van der Waals surface area contributed by atoms with Crippen LogP contribution in [0.3, 0.4) is 0 Å². The number of ether oxygens (including phenoxy) is 1. The highest BCUT2D eigenvalue weighted by Crippen LogP contribution is 2.28. The summed E-state index contributed by atoms with van der Waals surface area (Å²) in [5.41, 5.74) is 1.39. The number of urea groups is 1. The van der Waals surface area contributed by atoms with Gasteiger partial charge in [0.05, 0.1) is 7.11 Å². The van der Waals surface area contributed by atoms with Gasteiger partial charge in [-0.2, -0.15) is 0 Å². The first-order valence-corrected chi connectivity index (χ1v) is 10.7. The molecule has 8 nitrogen and oxygen atoms in total. The number of hydrogen-bond acceptors (Lipinski definition) is 6. The maximum Gasteiger partial charge on any atom is 0.319 e. The van der Waals surface area contributed by atoms with E-state index in [4.69, 9.17) is 16.3 Å². The summed E-state index contributed by atoms with van der Waals surface area (Å²) < 4.78 is 5.15. The molecule has 0 fully saturated rings. The van der Waals surface area contributed by atoms with Crippen molar-refractivity contribution >= 4 is 45.7 Å². The normalized spacial score (nSPS) is 11.6. The number of anilines is 2. The van der Waals surface area contributed by atoms with E-state index < -0.39 is 12.1 Å². The summed E-state index contributed by atoms with van der Waals surface area (Å²) >= 11 is 7.17. The van der Waals surface area contributed by atoms with Gasteiger partial charge < -0.3 is 15.4 Å². The topological polar surface area (TPSA) is 105 Å². The van der Waals surface area contributed by atoms with Crippen molar-refractivity contribution in [1.29, 1.82) is 0 Å². The van der Waals surface area contributed by atoms with E-state index in [9.17, 15) is 9.59 Å². The van der Waals surface area contributed by atoms with Crippen LogP contribution in [-0.4, -0.2) is 35.3 Å². The van der Waals surface area contributed by atoms with Crippen LogP contribution in [0.2, 0.25) is 5.02 Å². The van der Waals surface area contributed by atoms with Crippen molar-refractivity contribution in [1.82, 2.24) is 15.5 Å². The number of aromatic nitrogens is 2. The molecule has 162 valence electrons. The fourth-order valence-electron chi connectivity index (χ4n) is 2.72. The largest absolute Gasteiger partial charge is 0.497 e. The lowest BCUT2D eigenvalue weighted by atomic mass is 10.0. The molecule has 0 aliphatic carbocycles. The summed E-state index contributed by atoms with van der Waals surface area (Å²) in [6.07, 6.45) is 0. The van der Waals surface area contributed by atoms with Gasteiger partial charge in [0.2, 0.25) is 11.0 Å². The molecule has 0 bridgehead atoms. The Balaban J connectivity index is 1.63. The Kier molecular flexibility index (Phi) is 7.43. The van der Waals surface area contributed by atoms with Gasteiger partial charge in [0.15, 0.2) is 0 Å². The van der Waals surface area contributed by atoms with Crippen LogP contribution in [0.4, 0.5) is 15.6 Å². The fraction of sp³-hybridized carbons (Fsp3) is 0.238. The van der Waals surface area contributed by atoms with E-state index in [-0.39, 0.29) is 11.8 Å². The van der Waals surface area contributed by atoms with Crippen LogP contribution in [0.1, 0.15) is 13.8 Å². The van der Waals surface area contributed by atoms with Crippen LogP contribution < -0.4 is 20.7 Å². The molecule has 1 heterocycles. The lowest BCUT2D eigenvalue weighted by Crippen LogP contribution is -2.48. The van der Waals surface area contributed by atoms with Gasteiger partial charge in [0, 0.05) is 16.3 Å². The SMILES string of the molecule is COc1ccc(-c2nnc(NC(=O)C(NC(=O)Nc3cccc(Cl)c3)C(C)C)s2)cc1. The van der Waals surface area contributed by atoms with Gasteiger partial charge >= 0.3 is 6.03 Å². The van der Waals surface area contributed by atoms with Crippen LogP contribution in [0.25, 0.3) is 10.6 Å². The monoisotopic (exact) mass is 459 g/mol. The van der Waals surface area contributed by atoms with Gasteiger partial charge in [0.1, 0.15) is 16.8 Å². The number of carbonyl (C=O) groups is 2. The number of nitrogens with one attached hydrogen (secondary N) is 3. The summed E-state index contributed by atoms with van der Waals surface area (Å²) in [7, 11) is 1.60. The summed E-state index contributed by atoms with van der Waals surface area (Å²) in [5, 5.41) is 17.8. The molecule has 31 heavy (non-hydrogen) atoms. The van der Waals surface area contributed by atoms with Gasteiger partial charge in [0.25, 0.3) is 0 Å². The Hall–Kier alpha value is -3.17. The van der Waals surface area contributed by atoms with Crippen molar-refractivity contribution in [2.75, 3.05) is 17.7 Å². The Morgan fingerprint density at radius 2 is 1.81 bits per heavy atom. The molecular formula is C21H22ClN5O3S. The molecule has 1 aromatic heterocycles. The second-order valence-corrected chi connectivity index (χ2v) is 8.37. The molecule has 2 aromatic carbocycles. The second-order valence-electron chi connectivity index (χ2n) is 6.96. The van der Waals surface area contributed by atoms with E-state index in [2.05, 4.69) is 26.1 Å². The lowest BCUT2D eigenvalue weighted by Gasteiger charge is -2.21. The minimum absolute atomic E-state index is 0.154. The molecule has 0 spiro atoms. The van der Waals surface area contributed by atoms with Gasteiger partial charge in [-0.05, 0) is 48.4 Å². The van der Waals surface area contributed by atoms with Gasteiger partial charge in [-0.25, -0.2) is 4.79 Å². The third-order valence-corrected chi connectivity index (χ3v) is 5.43. The van der Waals surface area contributed by atoms with E-state index >= 15 is 0 Å². The minimum atomic E-state index is -0.771. The lowest BCUT2D eigenvalue weighted by molar-refractivity contribution is -0.118. The highest BCUT2D eigenvalue weighted by molar-refractivity contribution is 7.18. The second kappa shape index (κ2) is 10.2. The molecule has 0 saturated heterocycles. The maximum atomic E-state index is 12.8. The predicted octanol–water partition coefficient (Wildman–Crippen LogP) is 4.65. The first-order valence-electron chi connectivity index (χ1n) is 9.47. The quantitative estimate of drug-likeness (QED) is 0.476. The fourth-order valence-corrected chi connectivity index (χ4v) is 3.66.